The van der Waals surface area contributed by atoms with Crippen LogP contribution in [0.25, 0.3) is 0 Å². The van der Waals surface area contributed by atoms with Crippen molar-refractivity contribution < 1.29 is 62.2 Å². The largest absolute Gasteiger partial charge is 0.423 e. The van der Waals surface area contributed by atoms with Crippen molar-refractivity contribution in [2.75, 3.05) is 13.2 Å². The van der Waals surface area contributed by atoms with Crippen LogP contribution in [0.4, 0.5) is 52.7 Å². The van der Waals surface area contributed by atoms with E-state index >= 15 is 0 Å². The normalized spacial score (nSPS) is 21.3. The maximum Gasteiger partial charge on any atom is 0.423 e. The third-order valence-corrected chi connectivity index (χ3v) is 3.68. The van der Waals surface area contributed by atoms with E-state index in [1.54, 1.807) is 0 Å². The molecule has 160 valence electrons. The zero-order valence-corrected chi connectivity index (χ0v) is 13.1. The molecule has 2 nitrogen and oxygen atoms in total. The maximum absolute atomic E-state index is 12.8. The van der Waals surface area contributed by atoms with E-state index in [1.165, 1.54) is 0 Å². The van der Waals surface area contributed by atoms with E-state index in [0.717, 1.165) is 0 Å². The van der Waals surface area contributed by atoms with Crippen LogP contribution in [-0.2, 0) is 27.4 Å². The van der Waals surface area contributed by atoms with Gasteiger partial charge in [0.25, 0.3) is 0 Å². The summed E-state index contributed by atoms with van der Waals surface area (Å²) < 4.78 is 160. The molecule has 0 aromatic heterocycles. The maximum atomic E-state index is 12.8. The van der Waals surface area contributed by atoms with Crippen LogP contribution in [0.2, 0.25) is 0 Å². The molecule has 2 rings (SSSR count). The van der Waals surface area contributed by atoms with Gasteiger partial charge >= 0.3 is 24.7 Å². The van der Waals surface area contributed by atoms with Gasteiger partial charge in [0.2, 0.25) is 6.10 Å². The van der Waals surface area contributed by atoms with Crippen LogP contribution in [0.5, 0.6) is 0 Å². The van der Waals surface area contributed by atoms with Gasteiger partial charge in [0.15, 0.2) is 0 Å². The summed E-state index contributed by atoms with van der Waals surface area (Å²) in [6.45, 7) is -2.29. The van der Waals surface area contributed by atoms with Gasteiger partial charge in [0.1, 0.15) is 5.60 Å². The first-order chi connectivity index (χ1) is 12.4. The van der Waals surface area contributed by atoms with Gasteiger partial charge < -0.3 is 9.47 Å². The molecule has 0 N–H and O–H groups in total. The second-order valence-corrected chi connectivity index (χ2v) is 5.85. The highest BCUT2D eigenvalue weighted by Gasteiger charge is 2.60. The van der Waals surface area contributed by atoms with Gasteiger partial charge in [0, 0.05) is 0 Å². The summed E-state index contributed by atoms with van der Waals surface area (Å²) in [5.74, 6) is 0. The number of rotatable bonds is 4. The molecular weight excluding hydrogens is 428 g/mol. The number of halogens is 12. The Kier molecular flexibility index (Phi) is 5.39. The van der Waals surface area contributed by atoms with Crippen LogP contribution >= 0.6 is 0 Å². The van der Waals surface area contributed by atoms with Gasteiger partial charge in [-0.2, -0.15) is 52.7 Å². The second-order valence-electron chi connectivity index (χ2n) is 5.85. The van der Waals surface area contributed by atoms with E-state index in [1.807, 2.05) is 0 Å². The number of alkyl halides is 12. The van der Waals surface area contributed by atoms with Crippen molar-refractivity contribution in [3.05, 3.63) is 34.9 Å². The molecule has 0 bridgehead atoms. The summed E-state index contributed by atoms with van der Waals surface area (Å²) >= 11 is 0. The van der Waals surface area contributed by atoms with Gasteiger partial charge in [-0.25, -0.2) is 0 Å². The van der Waals surface area contributed by atoms with E-state index in [0.29, 0.717) is 0 Å². The number of ether oxygens (including phenoxy) is 2. The zero-order valence-electron chi connectivity index (χ0n) is 13.1. The van der Waals surface area contributed by atoms with Gasteiger partial charge in [0.05, 0.1) is 24.3 Å². The third-order valence-electron chi connectivity index (χ3n) is 3.68. The Morgan fingerprint density at radius 3 is 1.46 bits per heavy atom. The van der Waals surface area contributed by atoms with Crippen molar-refractivity contribution in [2.45, 2.75) is 36.4 Å². The van der Waals surface area contributed by atoms with Crippen LogP contribution in [0.15, 0.2) is 18.2 Å². The molecule has 0 amide bonds. The Balaban J connectivity index is 2.38. The lowest BCUT2D eigenvalue weighted by molar-refractivity contribution is -0.324. The van der Waals surface area contributed by atoms with Gasteiger partial charge in [-0.15, -0.1) is 0 Å². The molecule has 1 saturated heterocycles. The highest BCUT2D eigenvalue weighted by molar-refractivity contribution is 5.38. The van der Waals surface area contributed by atoms with Crippen molar-refractivity contribution >= 4 is 0 Å². The molecule has 0 radical (unpaired) electrons. The van der Waals surface area contributed by atoms with E-state index in [2.05, 4.69) is 9.47 Å². The number of hydrogen-bond donors (Lipinski definition) is 0. The first-order valence-electron chi connectivity index (χ1n) is 7.05. The van der Waals surface area contributed by atoms with Gasteiger partial charge in [-0.3, -0.25) is 0 Å². The highest BCUT2D eigenvalue weighted by atomic mass is 19.4. The summed E-state index contributed by atoms with van der Waals surface area (Å²) in [5, 5.41) is 0. The predicted molar refractivity (Wildman–Crippen MR) is 65.9 cm³/mol. The van der Waals surface area contributed by atoms with Crippen molar-refractivity contribution in [1.82, 2.24) is 0 Å². The van der Waals surface area contributed by atoms with Crippen LogP contribution in [0, 0.1) is 0 Å². The minimum absolute atomic E-state index is 0.155. The van der Waals surface area contributed by atoms with Crippen molar-refractivity contribution in [3.8, 4) is 0 Å². The highest BCUT2D eigenvalue weighted by Crippen LogP contribution is 2.46. The van der Waals surface area contributed by atoms with Crippen molar-refractivity contribution in [3.63, 3.8) is 0 Å². The first kappa shape index (κ1) is 22.6. The SMILES string of the molecule is FC(F)(F)c1cc(C(F)(F)F)cc(C2(COC(C(F)(F)F)C(F)(F)F)CO2)c1. The van der Waals surface area contributed by atoms with Gasteiger partial charge in [-0.1, -0.05) is 0 Å². The average Bonchev–Trinajstić information content (AvgIpc) is 3.23. The fourth-order valence-electron chi connectivity index (χ4n) is 2.23. The first-order valence-corrected chi connectivity index (χ1v) is 7.05. The molecule has 1 heterocycles. The summed E-state index contributed by atoms with van der Waals surface area (Å²) in [7, 11) is 0. The lowest BCUT2D eigenvalue weighted by atomic mass is 9.95. The summed E-state index contributed by atoms with van der Waals surface area (Å²) in [6, 6.07) is 0.0677. The van der Waals surface area contributed by atoms with Crippen LogP contribution in [0.3, 0.4) is 0 Å². The number of epoxide rings is 1. The van der Waals surface area contributed by atoms with Crippen molar-refractivity contribution in [2.24, 2.45) is 0 Å². The molecule has 1 aromatic carbocycles. The van der Waals surface area contributed by atoms with E-state index in [-0.39, 0.29) is 18.2 Å². The van der Waals surface area contributed by atoms with Crippen molar-refractivity contribution in [1.29, 1.82) is 0 Å². The lowest BCUT2D eigenvalue weighted by Crippen LogP contribution is -2.45. The smallest absolute Gasteiger partial charge is 0.362 e. The molecule has 0 saturated carbocycles. The molecule has 28 heavy (non-hydrogen) atoms. The number of benzene rings is 1. The molecule has 14 heteroatoms. The summed E-state index contributed by atoms with van der Waals surface area (Å²) in [6.07, 6.45) is -26.6. The lowest BCUT2D eigenvalue weighted by Gasteiger charge is -2.25. The monoisotopic (exact) mass is 436 g/mol. The average molecular weight is 436 g/mol. The van der Waals surface area contributed by atoms with E-state index in [4.69, 9.17) is 0 Å². The Morgan fingerprint density at radius 2 is 1.18 bits per heavy atom. The molecule has 1 atom stereocenters. The van der Waals surface area contributed by atoms with Crippen LogP contribution in [-0.4, -0.2) is 31.7 Å². The molecule has 1 aliphatic rings. The Labute approximate surface area is 148 Å². The minimum atomic E-state index is -5.90. The quantitative estimate of drug-likeness (QED) is 0.462. The Hall–Kier alpha value is -1.70. The molecule has 1 fully saturated rings. The minimum Gasteiger partial charge on any atom is -0.362 e. The molecular formula is C14H8F12O2. The summed E-state index contributed by atoms with van der Waals surface area (Å²) in [4.78, 5) is 0. The predicted octanol–water partition coefficient (Wildman–Crippen LogP) is 5.46. The molecule has 1 aliphatic heterocycles. The van der Waals surface area contributed by atoms with Crippen LogP contribution < -0.4 is 0 Å². The standard InChI is InChI=1S/C14H8F12O2/c15-11(16,17)7-1-6(2-8(3-7)12(18,19)20)10(5-28-10)4-27-9(13(21,22)23)14(24,25)26/h1-3,9H,4-5H2. The summed E-state index contributed by atoms with van der Waals surface area (Å²) in [5.41, 5.74) is -6.79. The molecule has 1 unspecified atom stereocenters. The fraction of sp³-hybridized carbons (Fsp3) is 0.571. The van der Waals surface area contributed by atoms with E-state index in [9.17, 15) is 52.7 Å². The Bertz CT molecular complexity index is 663. The number of hydrogen-bond acceptors (Lipinski definition) is 2. The van der Waals surface area contributed by atoms with Gasteiger partial charge in [-0.05, 0) is 23.8 Å². The molecule has 0 aliphatic carbocycles. The topological polar surface area (TPSA) is 21.8 Å². The second kappa shape index (κ2) is 6.68. The molecule has 0 spiro atoms. The zero-order chi connectivity index (χ0) is 21.8. The Morgan fingerprint density at radius 1 is 0.786 bits per heavy atom. The fourth-order valence-corrected chi connectivity index (χ4v) is 2.23. The van der Waals surface area contributed by atoms with Crippen LogP contribution in [0.1, 0.15) is 16.7 Å². The molecule has 1 aromatic rings. The van der Waals surface area contributed by atoms with E-state index < -0.39 is 66.3 Å². The third kappa shape index (κ3) is 5.01.